The van der Waals surface area contributed by atoms with E-state index in [1.807, 2.05) is 6.08 Å². The summed E-state index contributed by atoms with van der Waals surface area (Å²) in [6, 6.07) is 2.73. The van der Waals surface area contributed by atoms with Crippen molar-refractivity contribution < 1.29 is 31.1 Å². The fourth-order valence-corrected chi connectivity index (χ4v) is 4.15. The molecule has 9 heteroatoms. The highest BCUT2D eigenvalue weighted by molar-refractivity contribution is 7.90. The summed E-state index contributed by atoms with van der Waals surface area (Å²) in [7, 11) is -3.04. The molecule has 1 saturated carbocycles. The summed E-state index contributed by atoms with van der Waals surface area (Å²) in [4.78, 5) is 2.08. The Hall–Kier alpha value is -1.74. The fraction of sp³-hybridized carbons (Fsp3) is 0.579. The van der Waals surface area contributed by atoms with Gasteiger partial charge in [-0.3, -0.25) is 0 Å². The van der Waals surface area contributed by atoms with E-state index in [0.29, 0.717) is 17.8 Å². The second-order valence-electron chi connectivity index (χ2n) is 7.21. The molecule has 1 aromatic rings. The van der Waals surface area contributed by atoms with Crippen LogP contribution in [-0.4, -0.2) is 52.3 Å². The molecule has 1 heterocycles. The van der Waals surface area contributed by atoms with Crippen LogP contribution < -0.4 is 9.64 Å². The molecule has 1 aromatic carbocycles. The normalized spacial score (nSPS) is 22.4. The highest BCUT2D eigenvalue weighted by Crippen LogP contribution is 2.37. The molecule has 0 unspecified atom stereocenters. The predicted octanol–water partition coefficient (Wildman–Crippen LogP) is 3.63. The summed E-state index contributed by atoms with van der Waals surface area (Å²) < 4.78 is 71.4. The molecule has 1 aliphatic heterocycles. The molecule has 0 radical (unpaired) electrons. The molecule has 0 saturated heterocycles. The van der Waals surface area contributed by atoms with Crippen molar-refractivity contribution in [2.45, 2.75) is 44.4 Å². The van der Waals surface area contributed by atoms with E-state index in [1.54, 1.807) is 6.08 Å². The minimum Gasteiger partial charge on any atom is -0.432 e. The number of anilines is 1. The molecule has 1 fully saturated rings. The Balaban J connectivity index is 1.64. The fourth-order valence-electron chi connectivity index (χ4n) is 3.75. The zero-order chi connectivity index (χ0) is 20.3. The van der Waals surface area contributed by atoms with Crippen molar-refractivity contribution >= 4 is 21.6 Å². The van der Waals surface area contributed by atoms with E-state index in [2.05, 4.69) is 9.64 Å². The van der Waals surface area contributed by atoms with E-state index in [4.69, 9.17) is 4.74 Å². The number of sulfone groups is 1. The highest BCUT2D eigenvalue weighted by atomic mass is 32.2. The summed E-state index contributed by atoms with van der Waals surface area (Å²) in [5.74, 6) is -1.25. The zero-order valence-corrected chi connectivity index (χ0v) is 16.4. The molecule has 156 valence electrons. The Morgan fingerprint density at radius 2 is 1.93 bits per heavy atom. The molecule has 3 rings (SSSR count). The number of fused-ring (bicyclic) bond motifs is 1. The van der Waals surface area contributed by atoms with Gasteiger partial charge in [-0.15, -0.1) is 0 Å². The van der Waals surface area contributed by atoms with Gasteiger partial charge >= 0.3 is 6.61 Å². The van der Waals surface area contributed by atoms with Crippen LogP contribution in [0.3, 0.4) is 0 Å². The lowest BCUT2D eigenvalue weighted by Gasteiger charge is -2.40. The lowest BCUT2D eigenvalue weighted by atomic mass is 9.90. The Kier molecular flexibility index (Phi) is 6.54. The molecule has 0 aromatic heterocycles. The second-order valence-corrected chi connectivity index (χ2v) is 9.47. The van der Waals surface area contributed by atoms with Gasteiger partial charge in [0.05, 0.1) is 18.5 Å². The van der Waals surface area contributed by atoms with Gasteiger partial charge in [0.1, 0.15) is 9.84 Å². The van der Waals surface area contributed by atoms with Crippen molar-refractivity contribution in [2.24, 2.45) is 0 Å². The van der Waals surface area contributed by atoms with E-state index < -0.39 is 28.0 Å². The number of hydrogen-bond donors (Lipinski definition) is 0. The predicted molar refractivity (Wildman–Crippen MR) is 101 cm³/mol. The molecule has 0 bridgehead atoms. The standard InChI is InChI=1S/C19H24F3NO4S/c1-28(24,25)10-9-26-15-6-4-14(5-7-15)23-8-2-3-13-11-16(20)18(12-17(13)23)27-19(21)22/h2-3,11-12,14-15,19H,4-10H2,1H3. The van der Waals surface area contributed by atoms with Gasteiger partial charge in [0.2, 0.25) is 0 Å². The van der Waals surface area contributed by atoms with E-state index in [-0.39, 0.29) is 24.5 Å². The molecule has 0 amide bonds. The van der Waals surface area contributed by atoms with Gasteiger partial charge in [0, 0.05) is 36.2 Å². The van der Waals surface area contributed by atoms with Crippen LogP contribution in [0.4, 0.5) is 18.9 Å². The molecular formula is C19H24F3NO4S. The first-order chi connectivity index (χ1) is 13.2. The first-order valence-corrected chi connectivity index (χ1v) is 11.3. The maximum Gasteiger partial charge on any atom is 0.387 e. The number of rotatable bonds is 7. The second kappa shape index (κ2) is 8.73. The van der Waals surface area contributed by atoms with Crippen molar-refractivity contribution in [3.8, 4) is 5.75 Å². The van der Waals surface area contributed by atoms with Crippen LogP contribution in [0.15, 0.2) is 18.2 Å². The molecule has 5 nitrogen and oxygen atoms in total. The molecule has 1 aliphatic carbocycles. The Labute approximate surface area is 163 Å². The minimum absolute atomic E-state index is 0.00962. The van der Waals surface area contributed by atoms with Crippen molar-refractivity contribution in [3.05, 3.63) is 29.6 Å². The summed E-state index contributed by atoms with van der Waals surface area (Å²) in [6.07, 6.45) is 8.10. The average molecular weight is 419 g/mol. The first kappa shape index (κ1) is 21.0. The molecule has 0 spiro atoms. The van der Waals surface area contributed by atoms with Crippen LogP contribution >= 0.6 is 0 Å². The molecule has 28 heavy (non-hydrogen) atoms. The summed E-state index contributed by atoms with van der Waals surface area (Å²) in [6.45, 7) is -2.28. The Bertz CT molecular complexity index is 821. The van der Waals surface area contributed by atoms with Gasteiger partial charge in [-0.1, -0.05) is 12.2 Å². The van der Waals surface area contributed by atoms with Gasteiger partial charge in [-0.25, -0.2) is 12.8 Å². The topological polar surface area (TPSA) is 55.8 Å². The molecule has 2 aliphatic rings. The van der Waals surface area contributed by atoms with Crippen molar-refractivity contribution in [1.29, 1.82) is 0 Å². The third kappa shape index (κ3) is 5.41. The number of hydrogen-bond acceptors (Lipinski definition) is 5. The van der Waals surface area contributed by atoms with Gasteiger partial charge in [0.25, 0.3) is 0 Å². The van der Waals surface area contributed by atoms with Gasteiger partial charge in [-0.05, 0) is 31.7 Å². The lowest BCUT2D eigenvalue weighted by molar-refractivity contribution is -0.0521. The van der Waals surface area contributed by atoms with E-state index in [1.165, 1.54) is 18.4 Å². The Morgan fingerprint density at radius 1 is 1.21 bits per heavy atom. The molecule has 0 N–H and O–H groups in total. The van der Waals surface area contributed by atoms with Crippen LogP contribution in [0.25, 0.3) is 6.08 Å². The van der Waals surface area contributed by atoms with E-state index in [0.717, 1.165) is 25.7 Å². The first-order valence-electron chi connectivity index (χ1n) is 9.24. The number of ether oxygens (including phenoxy) is 2. The maximum absolute atomic E-state index is 14.0. The van der Waals surface area contributed by atoms with Crippen LogP contribution in [0, 0.1) is 5.82 Å². The van der Waals surface area contributed by atoms with Crippen LogP contribution in [0.1, 0.15) is 31.2 Å². The smallest absolute Gasteiger partial charge is 0.387 e. The summed E-state index contributed by atoms with van der Waals surface area (Å²) in [5, 5.41) is 0. The van der Waals surface area contributed by atoms with E-state index in [9.17, 15) is 21.6 Å². The number of alkyl halides is 2. The third-order valence-electron chi connectivity index (χ3n) is 5.10. The number of benzene rings is 1. The van der Waals surface area contributed by atoms with Crippen LogP contribution in [-0.2, 0) is 14.6 Å². The highest BCUT2D eigenvalue weighted by Gasteiger charge is 2.29. The SMILES string of the molecule is CS(=O)(=O)CCOC1CCC(N2CC=Cc3cc(F)c(OC(F)F)cc32)CC1. The average Bonchev–Trinajstić information content (AvgIpc) is 2.61. The van der Waals surface area contributed by atoms with Crippen molar-refractivity contribution in [3.63, 3.8) is 0 Å². The monoisotopic (exact) mass is 419 g/mol. The van der Waals surface area contributed by atoms with Gasteiger partial charge in [0.15, 0.2) is 11.6 Å². The minimum atomic E-state index is -3.08. The number of nitrogens with zero attached hydrogens (tertiary/aromatic N) is 1. The van der Waals surface area contributed by atoms with Gasteiger partial charge < -0.3 is 14.4 Å². The largest absolute Gasteiger partial charge is 0.432 e. The third-order valence-corrected chi connectivity index (χ3v) is 6.01. The zero-order valence-electron chi connectivity index (χ0n) is 15.6. The molecule has 0 atom stereocenters. The van der Waals surface area contributed by atoms with E-state index >= 15 is 0 Å². The van der Waals surface area contributed by atoms with Crippen LogP contribution in [0.2, 0.25) is 0 Å². The number of halogens is 3. The molecular weight excluding hydrogens is 395 g/mol. The van der Waals surface area contributed by atoms with Crippen molar-refractivity contribution in [2.75, 3.05) is 30.1 Å². The summed E-state index contributed by atoms with van der Waals surface area (Å²) >= 11 is 0. The Morgan fingerprint density at radius 3 is 2.57 bits per heavy atom. The van der Waals surface area contributed by atoms with Gasteiger partial charge in [-0.2, -0.15) is 8.78 Å². The van der Waals surface area contributed by atoms with Crippen molar-refractivity contribution in [1.82, 2.24) is 0 Å². The summed E-state index contributed by atoms with van der Waals surface area (Å²) in [5.41, 5.74) is 1.32. The lowest BCUT2D eigenvalue weighted by Crippen LogP contribution is -2.41. The maximum atomic E-state index is 14.0. The quantitative estimate of drug-likeness (QED) is 0.676. The van der Waals surface area contributed by atoms with Crippen LogP contribution in [0.5, 0.6) is 5.75 Å².